The molecule has 0 unspecified atom stereocenters. The highest BCUT2D eigenvalue weighted by Crippen LogP contribution is 2.39. The SMILES string of the molecule is Cc1nnsc1-c1noc2c(F)c(N3C[C@@H](C)O[C@@H](C)C3)c(CO)cc12. The second-order valence-electron chi connectivity index (χ2n) is 6.61. The molecule has 7 nitrogen and oxygen atoms in total. The highest BCUT2D eigenvalue weighted by molar-refractivity contribution is 7.09. The molecule has 1 N–H and O–H groups in total. The number of aromatic nitrogens is 3. The van der Waals surface area contributed by atoms with Crippen LogP contribution in [0.25, 0.3) is 21.5 Å². The monoisotopic (exact) mass is 378 g/mol. The number of aliphatic hydroxyl groups is 1. The van der Waals surface area contributed by atoms with Gasteiger partial charge in [0.15, 0.2) is 5.82 Å². The first-order chi connectivity index (χ1) is 12.5. The maximum absolute atomic E-state index is 15.4. The number of fused-ring (bicyclic) bond motifs is 1. The summed E-state index contributed by atoms with van der Waals surface area (Å²) in [7, 11) is 0. The van der Waals surface area contributed by atoms with E-state index in [4.69, 9.17) is 9.26 Å². The number of halogens is 1. The molecule has 3 aromatic rings. The zero-order valence-corrected chi connectivity index (χ0v) is 15.5. The lowest BCUT2D eigenvalue weighted by Crippen LogP contribution is -2.46. The van der Waals surface area contributed by atoms with Gasteiger partial charge in [0.1, 0.15) is 10.6 Å². The summed E-state index contributed by atoms with van der Waals surface area (Å²) in [5.74, 6) is -0.512. The molecule has 1 fully saturated rings. The summed E-state index contributed by atoms with van der Waals surface area (Å²) < 4.78 is 30.3. The molecule has 1 saturated heterocycles. The fraction of sp³-hybridized carbons (Fsp3) is 0.471. The van der Waals surface area contributed by atoms with E-state index in [0.717, 1.165) is 4.88 Å². The van der Waals surface area contributed by atoms with E-state index in [2.05, 4.69) is 14.7 Å². The van der Waals surface area contributed by atoms with Gasteiger partial charge >= 0.3 is 0 Å². The topological polar surface area (TPSA) is 84.5 Å². The van der Waals surface area contributed by atoms with Gasteiger partial charge in [-0.2, -0.15) is 0 Å². The highest BCUT2D eigenvalue weighted by atomic mass is 32.1. The maximum Gasteiger partial charge on any atom is 0.205 e. The normalized spacial score (nSPS) is 20.9. The standard InChI is InChI=1S/C17H19FN4O3S/c1-8-5-22(6-9(2)24-8)15-11(7-23)4-12-14(17-10(3)19-21-26-17)20-25-16(12)13(15)18/h4,8-9,23H,5-7H2,1-3H3/t8-,9+. The van der Waals surface area contributed by atoms with Gasteiger partial charge in [-0.1, -0.05) is 9.64 Å². The van der Waals surface area contributed by atoms with Gasteiger partial charge in [0.2, 0.25) is 5.58 Å². The molecule has 1 aliphatic rings. The Morgan fingerprint density at radius 1 is 1.35 bits per heavy atom. The minimum absolute atomic E-state index is 0.0309. The van der Waals surface area contributed by atoms with Gasteiger partial charge in [0.05, 0.1) is 35.6 Å². The van der Waals surface area contributed by atoms with Gasteiger partial charge in [-0.25, -0.2) is 4.39 Å². The first-order valence-corrected chi connectivity index (χ1v) is 9.18. The lowest BCUT2D eigenvalue weighted by Gasteiger charge is -2.37. The van der Waals surface area contributed by atoms with Gasteiger partial charge in [-0.3, -0.25) is 0 Å². The van der Waals surface area contributed by atoms with Gasteiger partial charge < -0.3 is 19.3 Å². The zero-order valence-electron chi connectivity index (χ0n) is 14.7. The minimum Gasteiger partial charge on any atom is -0.392 e. The van der Waals surface area contributed by atoms with E-state index in [1.165, 1.54) is 11.5 Å². The number of aryl methyl sites for hydroxylation is 1. The third kappa shape index (κ3) is 2.76. The number of hydrogen-bond acceptors (Lipinski definition) is 8. The van der Waals surface area contributed by atoms with Crippen LogP contribution in [0.3, 0.4) is 0 Å². The summed E-state index contributed by atoms with van der Waals surface area (Å²) in [5, 5.41) is 18.4. The summed E-state index contributed by atoms with van der Waals surface area (Å²) in [6.45, 7) is 6.51. The lowest BCUT2D eigenvalue weighted by molar-refractivity contribution is -0.00549. The number of hydrogen-bond donors (Lipinski definition) is 1. The van der Waals surface area contributed by atoms with E-state index >= 15 is 4.39 Å². The molecule has 9 heteroatoms. The molecular formula is C17H19FN4O3S. The van der Waals surface area contributed by atoms with E-state index in [1.807, 2.05) is 25.7 Å². The molecule has 0 amide bonds. The molecule has 0 bridgehead atoms. The Kier molecular flexibility index (Phi) is 4.37. The Labute approximate surface area is 153 Å². The number of morpholine rings is 1. The Morgan fingerprint density at radius 3 is 2.69 bits per heavy atom. The van der Waals surface area contributed by atoms with Gasteiger partial charge in [-0.05, 0) is 38.4 Å². The second kappa shape index (κ2) is 6.57. The zero-order chi connectivity index (χ0) is 18.4. The number of ether oxygens (including phenoxy) is 1. The molecule has 2 atom stereocenters. The summed E-state index contributed by atoms with van der Waals surface area (Å²) >= 11 is 1.18. The summed E-state index contributed by atoms with van der Waals surface area (Å²) in [6.07, 6.45) is -0.0619. The number of nitrogens with zero attached hydrogens (tertiary/aromatic N) is 4. The summed E-state index contributed by atoms with van der Waals surface area (Å²) in [6, 6.07) is 1.74. The fourth-order valence-corrected chi connectivity index (χ4v) is 4.17. The molecule has 138 valence electrons. The summed E-state index contributed by atoms with van der Waals surface area (Å²) in [5.41, 5.74) is 2.12. The van der Waals surface area contributed by atoms with E-state index in [1.54, 1.807) is 6.07 Å². The van der Waals surface area contributed by atoms with Gasteiger partial charge in [0, 0.05) is 18.7 Å². The van der Waals surface area contributed by atoms with Crippen molar-refractivity contribution in [3.8, 4) is 10.6 Å². The van der Waals surface area contributed by atoms with Crippen molar-refractivity contribution in [1.29, 1.82) is 0 Å². The van der Waals surface area contributed by atoms with Crippen molar-refractivity contribution < 1.29 is 18.8 Å². The molecule has 0 aliphatic carbocycles. The molecule has 0 saturated carbocycles. The summed E-state index contributed by atoms with van der Waals surface area (Å²) in [4.78, 5) is 2.63. The number of anilines is 1. The molecule has 0 radical (unpaired) electrons. The van der Waals surface area contributed by atoms with E-state index in [9.17, 15) is 5.11 Å². The molecule has 0 spiro atoms. The van der Waals surface area contributed by atoms with Crippen molar-refractivity contribution in [1.82, 2.24) is 14.7 Å². The minimum atomic E-state index is -0.512. The predicted molar refractivity (Wildman–Crippen MR) is 95.8 cm³/mol. The van der Waals surface area contributed by atoms with Crippen LogP contribution in [0.4, 0.5) is 10.1 Å². The largest absolute Gasteiger partial charge is 0.392 e. The Morgan fingerprint density at radius 2 is 2.08 bits per heavy atom. The van der Waals surface area contributed by atoms with Crippen molar-refractivity contribution in [3.63, 3.8) is 0 Å². The smallest absolute Gasteiger partial charge is 0.205 e. The molecule has 1 aromatic carbocycles. The molecule has 4 rings (SSSR count). The third-order valence-electron chi connectivity index (χ3n) is 4.53. The maximum atomic E-state index is 15.4. The predicted octanol–water partition coefficient (Wildman–Crippen LogP) is 2.90. The first-order valence-electron chi connectivity index (χ1n) is 8.41. The van der Waals surface area contributed by atoms with Crippen LogP contribution < -0.4 is 4.90 Å². The average molecular weight is 378 g/mol. The molecule has 2 aromatic heterocycles. The van der Waals surface area contributed by atoms with Crippen molar-refractivity contribution in [2.75, 3.05) is 18.0 Å². The number of aliphatic hydroxyl groups excluding tert-OH is 1. The molecular weight excluding hydrogens is 359 g/mol. The van der Waals surface area contributed by atoms with E-state index < -0.39 is 5.82 Å². The van der Waals surface area contributed by atoms with E-state index in [-0.39, 0.29) is 24.4 Å². The van der Waals surface area contributed by atoms with Crippen molar-refractivity contribution in [3.05, 3.63) is 23.1 Å². The molecule has 3 heterocycles. The van der Waals surface area contributed by atoms with Crippen LogP contribution >= 0.6 is 11.5 Å². The molecule has 26 heavy (non-hydrogen) atoms. The lowest BCUT2D eigenvalue weighted by atomic mass is 10.0. The van der Waals surface area contributed by atoms with Crippen LogP contribution in [0, 0.1) is 12.7 Å². The molecule has 1 aliphatic heterocycles. The van der Waals surface area contributed by atoms with Crippen molar-refractivity contribution >= 4 is 28.2 Å². The average Bonchev–Trinajstić information content (AvgIpc) is 3.19. The van der Waals surface area contributed by atoms with Crippen LogP contribution in [0.1, 0.15) is 25.1 Å². The number of rotatable bonds is 3. The van der Waals surface area contributed by atoms with Crippen molar-refractivity contribution in [2.24, 2.45) is 0 Å². The van der Waals surface area contributed by atoms with E-state index in [0.29, 0.717) is 41.1 Å². The van der Waals surface area contributed by atoms with Crippen LogP contribution in [0.2, 0.25) is 0 Å². The third-order valence-corrected chi connectivity index (χ3v) is 5.37. The van der Waals surface area contributed by atoms with Crippen LogP contribution in [-0.4, -0.2) is 45.1 Å². The van der Waals surface area contributed by atoms with Gasteiger partial charge in [-0.15, -0.1) is 5.10 Å². The second-order valence-corrected chi connectivity index (χ2v) is 7.37. The van der Waals surface area contributed by atoms with Crippen LogP contribution in [0.15, 0.2) is 10.6 Å². The number of benzene rings is 1. The fourth-order valence-electron chi connectivity index (χ4n) is 3.52. The first kappa shape index (κ1) is 17.3. The van der Waals surface area contributed by atoms with Crippen molar-refractivity contribution in [2.45, 2.75) is 39.6 Å². The van der Waals surface area contributed by atoms with Crippen LogP contribution in [0.5, 0.6) is 0 Å². The quantitative estimate of drug-likeness (QED) is 0.750. The Bertz CT molecular complexity index is 947. The highest BCUT2D eigenvalue weighted by Gasteiger charge is 2.29. The van der Waals surface area contributed by atoms with Crippen LogP contribution in [-0.2, 0) is 11.3 Å². The van der Waals surface area contributed by atoms with Gasteiger partial charge in [0.25, 0.3) is 0 Å². The Balaban J connectivity index is 1.88. The Hall–Kier alpha value is -2.10.